The summed E-state index contributed by atoms with van der Waals surface area (Å²) in [6.45, 7) is 0.368. The molecule has 0 heterocycles. The summed E-state index contributed by atoms with van der Waals surface area (Å²) in [6.07, 6.45) is 0. The Morgan fingerprint density at radius 1 is 0.842 bits per heavy atom. The summed E-state index contributed by atoms with van der Waals surface area (Å²) in [6, 6.07) is 8.30. The van der Waals surface area contributed by atoms with Crippen LogP contribution in [0.1, 0.15) is 5.56 Å². The molecule has 0 amide bonds. The van der Waals surface area contributed by atoms with Crippen LogP contribution in [0.2, 0.25) is 20.1 Å². The molecule has 0 fully saturated rings. The highest BCUT2D eigenvalue weighted by molar-refractivity contribution is 6.43. The van der Waals surface area contributed by atoms with Gasteiger partial charge in [0, 0.05) is 17.6 Å². The smallest absolute Gasteiger partial charge is 0.147 e. The Balaban J connectivity index is 2.31. The van der Waals surface area contributed by atoms with Gasteiger partial charge in [-0.15, -0.1) is 0 Å². The fourth-order valence-corrected chi connectivity index (χ4v) is 2.29. The van der Waals surface area contributed by atoms with Crippen molar-refractivity contribution in [2.45, 2.75) is 6.54 Å². The minimum Gasteiger partial charge on any atom is -0.456 e. The summed E-state index contributed by atoms with van der Waals surface area (Å²) in [7, 11) is 0. The Bertz CT molecular complexity index is 616. The summed E-state index contributed by atoms with van der Waals surface area (Å²) in [5.41, 5.74) is 6.38. The lowest BCUT2D eigenvalue weighted by atomic mass is 10.2. The number of benzene rings is 2. The van der Waals surface area contributed by atoms with Crippen molar-refractivity contribution < 1.29 is 4.74 Å². The molecule has 0 aliphatic heterocycles. The predicted molar refractivity (Wildman–Crippen MR) is 80.9 cm³/mol. The van der Waals surface area contributed by atoms with Crippen LogP contribution in [0.15, 0.2) is 30.3 Å². The second-order valence-corrected chi connectivity index (χ2v) is 5.38. The molecule has 0 atom stereocenters. The second kappa shape index (κ2) is 6.21. The Morgan fingerprint density at radius 2 is 1.53 bits per heavy atom. The van der Waals surface area contributed by atoms with E-state index in [4.69, 9.17) is 56.9 Å². The van der Waals surface area contributed by atoms with Crippen molar-refractivity contribution in [1.29, 1.82) is 0 Å². The van der Waals surface area contributed by atoms with Gasteiger partial charge in [0.1, 0.15) is 11.5 Å². The summed E-state index contributed by atoms with van der Waals surface area (Å²) in [5, 5.41) is 1.64. The molecule has 0 radical (unpaired) electrons. The van der Waals surface area contributed by atoms with E-state index in [1.54, 1.807) is 24.3 Å². The molecular formula is C13H9Cl4NO. The third-order valence-corrected chi connectivity index (χ3v) is 3.82. The maximum atomic E-state index is 6.05. The molecule has 19 heavy (non-hydrogen) atoms. The first kappa shape index (κ1) is 14.8. The van der Waals surface area contributed by atoms with Crippen LogP contribution >= 0.6 is 46.4 Å². The lowest BCUT2D eigenvalue weighted by Gasteiger charge is -2.10. The molecule has 0 aromatic heterocycles. The number of hydrogen-bond donors (Lipinski definition) is 1. The monoisotopic (exact) mass is 335 g/mol. The van der Waals surface area contributed by atoms with Gasteiger partial charge in [0.2, 0.25) is 0 Å². The predicted octanol–water partition coefficient (Wildman–Crippen LogP) is 5.55. The first-order valence-corrected chi connectivity index (χ1v) is 6.83. The molecule has 0 aliphatic rings. The van der Waals surface area contributed by atoms with Crippen molar-refractivity contribution in [2.75, 3.05) is 0 Å². The lowest BCUT2D eigenvalue weighted by molar-refractivity contribution is 0.483. The van der Waals surface area contributed by atoms with Gasteiger partial charge in [-0.05, 0) is 23.8 Å². The Hall–Kier alpha value is -0.640. The molecule has 2 aromatic rings. The largest absolute Gasteiger partial charge is 0.456 e. The summed E-state index contributed by atoms with van der Waals surface area (Å²) < 4.78 is 5.62. The van der Waals surface area contributed by atoms with Gasteiger partial charge in [-0.3, -0.25) is 0 Å². The fourth-order valence-electron chi connectivity index (χ4n) is 1.47. The molecule has 0 bridgehead atoms. The van der Waals surface area contributed by atoms with Crippen molar-refractivity contribution >= 4 is 46.4 Å². The van der Waals surface area contributed by atoms with Crippen molar-refractivity contribution in [3.05, 3.63) is 56.0 Å². The van der Waals surface area contributed by atoms with E-state index in [-0.39, 0.29) is 0 Å². The highest BCUT2D eigenvalue weighted by Crippen LogP contribution is 2.37. The topological polar surface area (TPSA) is 35.2 Å². The molecule has 0 unspecified atom stereocenters. The standard InChI is InChI=1S/C13H9Cl4NO/c14-9-3-8(2-1-7(9)6-18)19-13-5-11(16)10(15)4-12(13)17/h1-5H,6,18H2. The van der Waals surface area contributed by atoms with Gasteiger partial charge < -0.3 is 10.5 Å². The quantitative estimate of drug-likeness (QED) is 0.745. The van der Waals surface area contributed by atoms with Gasteiger partial charge >= 0.3 is 0 Å². The van der Waals surface area contributed by atoms with Crippen LogP contribution in [0.5, 0.6) is 11.5 Å². The van der Waals surface area contributed by atoms with Gasteiger partial charge in [0.25, 0.3) is 0 Å². The third kappa shape index (κ3) is 3.47. The summed E-state index contributed by atoms with van der Waals surface area (Å²) in [4.78, 5) is 0. The van der Waals surface area contributed by atoms with Crippen LogP contribution in [0.3, 0.4) is 0 Å². The summed E-state index contributed by atoms with van der Waals surface area (Å²) >= 11 is 23.8. The van der Waals surface area contributed by atoms with E-state index in [0.717, 1.165) is 5.56 Å². The maximum Gasteiger partial charge on any atom is 0.147 e. The van der Waals surface area contributed by atoms with Crippen molar-refractivity contribution in [2.24, 2.45) is 5.73 Å². The van der Waals surface area contributed by atoms with E-state index in [2.05, 4.69) is 0 Å². The summed E-state index contributed by atoms with van der Waals surface area (Å²) in [5.74, 6) is 0.954. The van der Waals surface area contributed by atoms with Crippen LogP contribution in [-0.4, -0.2) is 0 Å². The van der Waals surface area contributed by atoms with Crippen LogP contribution in [0, 0.1) is 0 Å². The molecule has 6 heteroatoms. The van der Waals surface area contributed by atoms with E-state index in [9.17, 15) is 0 Å². The van der Waals surface area contributed by atoms with Gasteiger partial charge in [-0.25, -0.2) is 0 Å². The van der Waals surface area contributed by atoms with Crippen molar-refractivity contribution in [3.8, 4) is 11.5 Å². The first-order valence-electron chi connectivity index (χ1n) is 5.32. The van der Waals surface area contributed by atoms with E-state index in [1.165, 1.54) is 6.07 Å². The average Bonchev–Trinajstić information content (AvgIpc) is 2.36. The van der Waals surface area contributed by atoms with Gasteiger partial charge in [-0.1, -0.05) is 52.5 Å². The normalized spacial score (nSPS) is 10.6. The highest BCUT2D eigenvalue weighted by Gasteiger charge is 2.09. The van der Waals surface area contributed by atoms with Crippen LogP contribution < -0.4 is 10.5 Å². The minimum atomic E-state index is 0.366. The molecule has 2 N–H and O–H groups in total. The first-order chi connectivity index (χ1) is 9.01. The molecule has 0 spiro atoms. The van der Waals surface area contributed by atoms with E-state index >= 15 is 0 Å². The lowest BCUT2D eigenvalue weighted by Crippen LogP contribution is -1.97. The third-order valence-electron chi connectivity index (χ3n) is 2.45. The molecule has 0 saturated heterocycles. The van der Waals surface area contributed by atoms with Crippen molar-refractivity contribution in [1.82, 2.24) is 0 Å². The molecule has 0 aliphatic carbocycles. The second-order valence-electron chi connectivity index (χ2n) is 3.76. The zero-order valence-corrected chi connectivity index (χ0v) is 12.6. The fraction of sp³-hybridized carbons (Fsp3) is 0.0769. The Kier molecular flexibility index (Phi) is 4.82. The zero-order valence-electron chi connectivity index (χ0n) is 9.59. The van der Waals surface area contributed by atoms with Gasteiger partial charge in [-0.2, -0.15) is 0 Å². The molecular weight excluding hydrogens is 328 g/mol. The van der Waals surface area contributed by atoms with E-state index < -0.39 is 0 Å². The number of ether oxygens (including phenoxy) is 1. The minimum absolute atomic E-state index is 0.366. The van der Waals surface area contributed by atoms with Crippen LogP contribution in [-0.2, 0) is 6.54 Å². The SMILES string of the molecule is NCc1ccc(Oc2cc(Cl)c(Cl)cc2Cl)cc1Cl. The number of hydrogen-bond acceptors (Lipinski definition) is 2. The molecule has 2 nitrogen and oxygen atoms in total. The number of halogens is 4. The maximum absolute atomic E-state index is 6.05. The van der Waals surface area contributed by atoms with Crippen LogP contribution in [0.25, 0.3) is 0 Å². The van der Waals surface area contributed by atoms with E-state index in [1.807, 2.05) is 0 Å². The van der Waals surface area contributed by atoms with Gasteiger partial charge in [0.05, 0.1) is 15.1 Å². The number of nitrogens with two attached hydrogens (primary N) is 1. The van der Waals surface area contributed by atoms with E-state index in [0.29, 0.717) is 38.1 Å². The highest BCUT2D eigenvalue weighted by atomic mass is 35.5. The average molecular weight is 337 g/mol. The Morgan fingerprint density at radius 3 is 2.16 bits per heavy atom. The van der Waals surface area contributed by atoms with Crippen LogP contribution in [0.4, 0.5) is 0 Å². The zero-order chi connectivity index (χ0) is 14.0. The van der Waals surface area contributed by atoms with Gasteiger partial charge in [0.15, 0.2) is 0 Å². The molecule has 2 rings (SSSR count). The van der Waals surface area contributed by atoms with Crippen molar-refractivity contribution in [3.63, 3.8) is 0 Å². The molecule has 2 aromatic carbocycles. The molecule has 100 valence electrons. The Labute approximate surface area is 131 Å². The molecule has 0 saturated carbocycles. The number of rotatable bonds is 3.